The minimum atomic E-state index is -1.37. The fourth-order valence-corrected chi connectivity index (χ4v) is 6.53. The van der Waals surface area contributed by atoms with E-state index >= 15 is 0 Å². The Morgan fingerprint density at radius 2 is 1.37 bits per heavy atom. The Balaban J connectivity index is 2.32. The summed E-state index contributed by atoms with van der Waals surface area (Å²) in [6.07, 6.45) is 5.87. The average molecular weight is 393 g/mol. The van der Waals surface area contributed by atoms with Gasteiger partial charge in [-0.25, -0.2) is 0 Å². The highest BCUT2D eigenvalue weighted by atomic mass is 28.3. The number of benzene rings is 2. The van der Waals surface area contributed by atoms with Crippen LogP contribution in [-0.4, -0.2) is 16.1 Å². The van der Waals surface area contributed by atoms with Gasteiger partial charge in [0.15, 0.2) is 0 Å². The molecular weight excluding hydrogens is 356 g/mol. The number of aryl methyl sites for hydroxylation is 1. The van der Waals surface area contributed by atoms with Crippen LogP contribution in [-0.2, 0) is 12.8 Å². The maximum atomic E-state index is 2.55. The van der Waals surface area contributed by atoms with Gasteiger partial charge in [0.1, 0.15) is 0 Å². The van der Waals surface area contributed by atoms with E-state index in [9.17, 15) is 0 Å². The molecule has 0 saturated heterocycles. The van der Waals surface area contributed by atoms with Crippen LogP contribution >= 0.6 is 0 Å². The highest BCUT2D eigenvalue weighted by Crippen LogP contribution is 2.37. The van der Waals surface area contributed by atoms with E-state index < -0.39 is 16.1 Å². The van der Waals surface area contributed by atoms with Crippen molar-refractivity contribution < 1.29 is 0 Å². The maximum Gasteiger partial charge on any atom is 0.0776 e. The second-order valence-electron chi connectivity index (χ2n) is 10.2. The summed E-state index contributed by atoms with van der Waals surface area (Å²) in [5, 5.41) is 3.21. The van der Waals surface area contributed by atoms with Crippen molar-refractivity contribution in [3.05, 3.63) is 52.6 Å². The predicted molar refractivity (Wildman–Crippen MR) is 129 cm³/mol. The third-order valence-corrected chi connectivity index (χ3v) is 10.0. The van der Waals surface area contributed by atoms with Gasteiger partial charge in [0.25, 0.3) is 0 Å². The Morgan fingerprint density at radius 3 is 1.85 bits per heavy atom. The summed E-state index contributed by atoms with van der Waals surface area (Å²) in [5.74, 6) is 0. The molecule has 0 spiro atoms. The molecule has 144 valence electrons. The number of rotatable bonds is 5. The van der Waals surface area contributed by atoms with Gasteiger partial charge in [-0.2, -0.15) is 0 Å². The fourth-order valence-electron chi connectivity index (χ4n) is 4.03. The summed E-state index contributed by atoms with van der Waals surface area (Å²) in [6.45, 7) is 19.4. The van der Waals surface area contributed by atoms with Crippen molar-refractivity contribution >= 4 is 32.6 Å². The van der Waals surface area contributed by atoms with Gasteiger partial charge in [0.05, 0.1) is 16.1 Å². The van der Waals surface area contributed by atoms with Crippen LogP contribution < -0.4 is 10.4 Å². The van der Waals surface area contributed by atoms with E-state index in [4.69, 9.17) is 0 Å². The zero-order chi connectivity index (χ0) is 20.0. The van der Waals surface area contributed by atoms with Gasteiger partial charge in [-0.05, 0) is 47.1 Å². The second kappa shape index (κ2) is 7.22. The fraction of sp³-hybridized carbons (Fsp3) is 0.440. The molecule has 0 bridgehead atoms. The lowest BCUT2D eigenvalue weighted by Gasteiger charge is -2.25. The Kier molecular flexibility index (Phi) is 5.44. The average Bonchev–Trinajstić information content (AvgIpc) is 3.02. The van der Waals surface area contributed by atoms with Gasteiger partial charge in [0, 0.05) is 0 Å². The molecule has 0 aliphatic heterocycles. The van der Waals surface area contributed by atoms with Crippen LogP contribution in [0.2, 0.25) is 39.3 Å². The Hall–Kier alpha value is -1.39. The third kappa shape index (κ3) is 4.07. The summed E-state index contributed by atoms with van der Waals surface area (Å²) >= 11 is 0. The minimum absolute atomic E-state index is 1.09. The van der Waals surface area contributed by atoms with E-state index in [-0.39, 0.29) is 0 Å². The standard InChI is InChI=1S/C25H36Si2/c1-9-18-13-20-12-11-19(10-2)25(24(20)14-18)21-15-22(26(3,4)5)17-23(16-21)27(6,7)8/h11-12,14-17H,9-10,13H2,1-8H3. The van der Waals surface area contributed by atoms with E-state index in [1.54, 1.807) is 15.9 Å². The van der Waals surface area contributed by atoms with E-state index in [0.717, 1.165) is 19.3 Å². The summed E-state index contributed by atoms with van der Waals surface area (Å²) in [5.41, 5.74) is 9.07. The maximum absolute atomic E-state index is 2.55. The lowest BCUT2D eigenvalue weighted by atomic mass is 9.91. The van der Waals surface area contributed by atoms with Crippen molar-refractivity contribution in [3.63, 3.8) is 0 Å². The largest absolute Gasteiger partial charge is 0.0776 e. The topological polar surface area (TPSA) is 0 Å². The normalized spacial score (nSPS) is 14.3. The quantitative estimate of drug-likeness (QED) is 0.520. The van der Waals surface area contributed by atoms with Crippen molar-refractivity contribution in [2.24, 2.45) is 0 Å². The van der Waals surface area contributed by atoms with Gasteiger partial charge in [-0.15, -0.1) is 0 Å². The molecule has 2 aromatic carbocycles. The Morgan fingerprint density at radius 1 is 0.778 bits per heavy atom. The van der Waals surface area contributed by atoms with Crippen molar-refractivity contribution in [1.82, 2.24) is 0 Å². The molecule has 0 N–H and O–H groups in total. The van der Waals surface area contributed by atoms with Crippen LogP contribution in [0.1, 0.15) is 37.0 Å². The molecule has 0 radical (unpaired) electrons. The van der Waals surface area contributed by atoms with Gasteiger partial charge < -0.3 is 0 Å². The summed E-state index contributed by atoms with van der Waals surface area (Å²) in [7, 11) is -2.75. The first-order valence-corrected chi connectivity index (χ1v) is 17.5. The molecule has 0 atom stereocenters. The van der Waals surface area contributed by atoms with Gasteiger partial charge in [-0.3, -0.25) is 0 Å². The molecule has 0 nitrogen and oxygen atoms in total. The molecule has 0 saturated carbocycles. The summed E-state index contributed by atoms with van der Waals surface area (Å²) in [4.78, 5) is 0. The van der Waals surface area contributed by atoms with Gasteiger partial charge in [-0.1, -0.05) is 105 Å². The number of allylic oxidation sites excluding steroid dienone is 1. The molecule has 3 rings (SSSR count). The first-order chi connectivity index (χ1) is 12.5. The molecule has 2 aromatic rings. The SMILES string of the molecule is CCC1=Cc2c(ccc(CC)c2-c2cc([Si](C)(C)C)cc([Si](C)(C)C)c2)C1. The van der Waals surface area contributed by atoms with Crippen molar-refractivity contribution in [2.75, 3.05) is 0 Å². The van der Waals surface area contributed by atoms with Crippen LogP contribution in [0.3, 0.4) is 0 Å². The van der Waals surface area contributed by atoms with E-state index in [2.05, 4.69) is 89.5 Å². The molecule has 0 aromatic heterocycles. The monoisotopic (exact) mass is 392 g/mol. The van der Waals surface area contributed by atoms with E-state index in [0.29, 0.717) is 0 Å². The molecule has 2 heteroatoms. The molecular formula is C25H36Si2. The van der Waals surface area contributed by atoms with Crippen LogP contribution in [0, 0.1) is 0 Å². The zero-order valence-corrected chi connectivity index (χ0v) is 20.6. The van der Waals surface area contributed by atoms with Crippen molar-refractivity contribution in [1.29, 1.82) is 0 Å². The van der Waals surface area contributed by atoms with E-state index in [1.165, 1.54) is 27.8 Å². The van der Waals surface area contributed by atoms with Crippen molar-refractivity contribution in [3.8, 4) is 11.1 Å². The molecule has 0 unspecified atom stereocenters. The lowest BCUT2D eigenvalue weighted by Crippen LogP contribution is -2.45. The Bertz CT molecular complexity index is 858. The van der Waals surface area contributed by atoms with Crippen LogP contribution in [0.5, 0.6) is 0 Å². The first kappa shape index (κ1) is 20.4. The highest BCUT2D eigenvalue weighted by molar-refractivity contribution is 6.91. The smallest absolute Gasteiger partial charge is 0.0656 e. The van der Waals surface area contributed by atoms with Crippen LogP contribution in [0.25, 0.3) is 17.2 Å². The highest BCUT2D eigenvalue weighted by Gasteiger charge is 2.25. The number of hydrogen-bond acceptors (Lipinski definition) is 0. The molecule has 1 aliphatic rings. The second-order valence-corrected chi connectivity index (χ2v) is 20.3. The summed E-state index contributed by atoms with van der Waals surface area (Å²) in [6, 6.07) is 12.4. The van der Waals surface area contributed by atoms with E-state index in [1.807, 2.05) is 0 Å². The zero-order valence-electron chi connectivity index (χ0n) is 18.6. The molecule has 0 heterocycles. The molecule has 1 aliphatic carbocycles. The third-order valence-electron chi connectivity index (χ3n) is 5.98. The summed E-state index contributed by atoms with van der Waals surface area (Å²) < 4.78 is 0. The van der Waals surface area contributed by atoms with Gasteiger partial charge >= 0.3 is 0 Å². The van der Waals surface area contributed by atoms with Gasteiger partial charge in [0.2, 0.25) is 0 Å². The molecule has 27 heavy (non-hydrogen) atoms. The van der Waals surface area contributed by atoms with Crippen LogP contribution in [0.15, 0.2) is 35.9 Å². The first-order valence-electron chi connectivity index (χ1n) is 10.5. The predicted octanol–water partition coefficient (Wildman–Crippen LogP) is 6.36. The lowest BCUT2D eigenvalue weighted by molar-refractivity contribution is 1.04. The number of fused-ring (bicyclic) bond motifs is 1. The minimum Gasteiger partial charge on any atom is -0.0656 e. The Labute approximate surface area is 168 Å². The molecule has 0 fully saturated rings. The van der Waals surface area contributed by atoms with Crippen LogP contribution in [0.4, 0.5) is 0 Å². The molecule has 0 amide bonds. The van der Waals surface area contributed by atoms with Crippen molar-refractivity contribution in [2.45, 2.75) is 72.4 Å². The number of hydrogen-bond donors (Lipinski definition) is 0.